The van der Waals surface area contributed by atoms with E-state index in [0.29, 0.717) is 0 Å². The van der Waals surface area contributed by atoms with Crippen molar-refractivity contribution in [3.63, 3.8) is 0 Å². The summed E-state index contributed by atoms with van der Waals surface area (Å²) in [4.78, 5) is 2.43. The second-order valence-corrected chi connectivity index (χ2v) is 14.8. The number of nitrogens with zero attached hydrogens (tertiary/aromatic N) is 1. The molecule has 1 heterocycles. The predicted octanol–water partition coefficient (Wildman–Crippen LogP) is 13.8. The molecule has 0 saturated heterocycles. The fourth-order valence-corrected chi connectivity index (χ4v) is 9.53. The van der Waals surface area contributed by atoms with Gasteiger partial charge in [0, 0.05) is 42.3 Å². The third-order valence-corrected chi connectivity index (χ3v) is 11.8. The average molecular weight is 644 g/mol. The van der Waals surface area contributed by atoms with E-state index in [2.05, 4.69) is 183 Å². The van der Waals surface area contributed by atoms with Gasteiger partial charge in [-0.1, -0.05) is 129 Å². The molecule has 0 N–H and O–H groups in total. The molecular formula is C47H33NS. The maximum atomic E-state index is 2.43. The molecule has 10 rings (SSSR count). The standard InChI is InChI=1S/C47H33NS/c1-47(2)41-22-12-10-21-38(41)45-40(28-30-14-6-7-17-33(30)46(45)47)35-25-26-42(36-19-9-8-18-34(35)36)48(31-15-4-3-5-16-31)32-24-27-44-39(29-32)37-20-11-13-23-43(37)49-44/h3-29H,1-2H3. The zero-order valence-corrected chi connectivity index (χ0v) is 28.3. The fraction of sp³-hybridized carbons (Fsp3) is 0.0638. The lowest BCUT2D eigenvalue weighted by Gasteiger charge is -2.28. The van der Waals surface area contributed by atoms with Crippen molar-refractivity contribution in [2.24, 2.45) is 0 Å². The molecule has 0 unspecified atom stereocenters. The van der Waals surface area contributed by atoms with E-state index in [1.807, 2.05) is 11.3 Å². The van der Waals surface area contributed by atoms with Crippen molar-refractivity contribution < 1.29 is 0 Å². The Labute approximate surface area is 290 Å². The summed E-state index contributed by atoms with van der Waals surface area (Å²) >= 11 is 1.86. The number of benzene rings is 8. The molecule has 1 aliphatic carbocycles. The van der Waals surface area contributed by atoms with Crippen LogP contribution >= 0.6 is 11.3 Å². The van der Waals surface area contributed by atoms with Gasteiger partial charge in [-0.2, -0.15) is 0 Å². The number of rotatable bonds is 4. The van der Waals surface area contributed by atoms with Crippen LogP contribution in [-0.4, -0.2) is 0 Å². The van der Waals surface area contributed by atoms with Crippen LogP contribution in [0.25, 0.3) is 64.0 Å². The number of thiophene rings is 1. The smallest absolute Gasteiger partial charge is 0.0540 e. The van der Waals surface area contributed by atoms with Crippen LogP contribution in [0.5, 0.6) is 0 Å². The van der Waals surface area contributed by atoms with Crippen LogP contribution in [0.15, 0.2) is 164 Å². The highest BCUT2D eigenvalue weighted by Gasteiger charge is 2.38. The monoisotopic (exact) mass is 643 g/mol. The molecule has 1 nitrogen and oxygen atoms in total. The van der Waals surface area contributed by atoms with Crippen LogP contribution in [0, 0.1) is 0 Å². The molecule has 0 radical (unpaired) electrons. The van der Waals surface area contributed by atoms with E-state index in [1.54, 1.807) is 0 Å². The first-order valence-corrected chi connectivity index (χ1v) is 17.8. The van der Waals surface area contributed by atoms with Crippen LogP contribution in [0.2, 0.25) is 0 Å². The molecule has 0 amide bonds. The first-order valence-electron chi connectivity index (χ1n) is 17.0. The molecule has 0 saturated carbocycles. The van der Waals surface area contributed by atoms with Crippen LogP contribution in [0.3, 0.4) is 0 Å². The van der Waals surface area contributed by atoms with Gasteiger partial charge < -0.3 is 4.90 Å². The van der Waals surface area contributed by atoms with Gasteiger partial charge >= 0.3 is 0 Å². The molecule has 1 aromatic heterocycles. The Kier molecular flexibility index (Phi) is 6.16. The van der Waals surface area contributed by atoms with Gasteiger partial charge in [-0.3, -0.25) is 0 Å². The summed E-state index contributed by atoms with van der Waals surface area (Å²) in [5, 5.41) is 7.72. The minimum Gasteiger partial charge on any atom is -0.310 e. The third kappa shape index (κ3) is 4.17. The van der Waals surface area contributed by atoms with Crippen LogP contribution in [-0.2, 0) is 5.41 Å². The highest BCUT2D eigenvalue weighted by atomic mass is 32.1. The normalized spacial score (nSPS) is 13.3. The lowest BCUT2D eigenvalue weighted by atomic mass is 9.79. The van der Waals surface area contributed by atoms with Gasteiger partial charge in [0.15, 0.2) is 0 Å². The Morgan fingerprint density at radius 1 is 0.449 bits per heavy atom. The van der Waals surface area contributed by atoms with Gasteiger partial charge in [0.1, 0.15) is 0 Å². The Morgan fingerprint density at radius 3 is 1.98 bits per heavy atom. The van der Waals surface area contributed by atoms with E-state index in [0.717, 1.165) is 11.4 Å². The van der Waals surface area contributed by atoms with E-state index in [1.165, 1.54) is 80.8 Å². The minimum absolute atomic E-state index is 0.105. The number of anilines is 3. The van der Waals surface area contributed by atoms with Gasteiger partial charge in [-0.05, 0) is 98.1 Å². The molecule has 8 aromatic carbocycles. The van der Waals surface area contributed by atoms with Crippen molar-refractivity contribution >= 4 is 70.1 Å². The van der Waals surface area contributed by atoms with Crippen molar-refractivity contribution in [2.45, 2.75) is 19.3 Å². The molecule has 0 atom stereocenters. The average Bonchev–Trinajstić information content (AvgIpc) is 3.64. The lowest BCUT2D eigenvalue weighted by molar-refractivity contribution is 0.666. The van der Waals surface area contributed by atoms with E-state index in [4.69, 9.17) is 0 Å². The number of hydrogen-bond acceptors (Lipinski definition) is 2. The molecule has 9 aromatic rings. The van der Waals surface area contributed by atoms with Gasteiger partial charge in [0.25, 0.3) is 0 Å². The lowest BCUT2D eigenvalue weighted by Crippen LogP contribution is -2.15. The molecule has 2 heteroatoms. The highest BCUT2D eigenvalue weighted by molar-refractivity contribution is 7.25. The zero-order valence-electron chi connectivity index (χ0n) is 27.4. The largest absolute Gasteiger partial charge is 0.310 e. The summed E-state index contributed by atoms with van der Waals surface area (Å²) in [6.45, 7) is 4.78. The van der Waals surface area contributed by atoms with Gasteiger partial charge in [0.05, 0.1) is 5.69 Å². The zero-order chi connectivity index (χ0) is 32.7. The quantitative estimate of drug-likeness (QED) is 0.184. The summed E-state index contributed by atoms with van der Waals surface area (Å²) < 4.78 is 2.63. The van der Waals surface area contributed by atoms with Gasteiger partial charge in [-0.15, -0.1) is 11.3 Å². The van der Waals surface area contributed by atoms with Crippen molar-refractivity contribution in [3.8, 4) is 22.3 Å². The van der Waals surface area contributed by atoms with E-state index in [9.17, 15) is 0 Å². The Bertz CT molecular complexity index is 2750. The van der Waals surface area contributed by atoms with Crippen molar-refractivity contribution in [1.29, 1.82) is 0 Å². The molecule has 0 spiro atoms. The van der Waals surface area contributed by atoms with Gasteiger partial charge in [0.2, 0.25) is 0 Å². The van der Waals surface area contributed by atoms with E-state index in [-0.39, 0.29) is 5.41 Å². The Morgan fingerprint density at radius 2 is 1.12 bits per heavy atom. The molecular weight excluding hydrogens is 611 g/mol. The SMILES string of the molecule is CC1(C)c2ccccc2-c2c(-c3ccc(N(c4ccccc4)c4ccc5sc6ccccc6c5c4)c4ccccc34)cc3ccccc3c21. The summed E-state index contributed by atoms with van der Waals surface area (Å²) in [5.74, 6) is 0. The topological polar surface area (TPSA) is 3.24 Å². The third-order valence-electron chi connectivity index (χ3n) is 10.6. The predicted molar refractivity (Wildman–Crippen MR) is 212 cm³/mol. The van der Waals surface area contributed by atoms with E-state index < -0.39 is 0 Å². The van der Waals surface area contributed by atoms with Crippen molar-refractivity contribution in [1.82, 2.24) is 0 Å². The second-order valence-electron chi connectivity index (χ2n) is 13.7. The van der Waals surface area contributed by atoms with Gasteiger partial charge in [-0.25, -0.2) is 0 Å². The maximum Gasteiger partial charge on any atom is 0.0540 e. The summed E-state index contributed by atoms with van der Waals surface area (Å²) in [7, 11) is 0. The van der Waals surface area contributed by atoms with Crippen molar-refractivity contribution in [2.75, 3.05) is 4.90 Å². The van der Waals surface area contributed by atoms with Crippen LogP contribution in [0.4, 0.5) is 17.1 Å². The molecule has 49 heavy (non-hydrogen) atoms. The summed E-state index contributed by atoms with van der Waals surface area (Å²) in [5.41, 5.74) is 11.5. The molecule has 232 valence electrons. The summed E-state index contributed by atoms with van der Waals surface area (Å²) in [6.07, 6.45) is 0. The van der Waals surface area contributed by atoms with Crippen LogP contribution in [0.1, 0.15) is 25.0 Å². The number of fused-ring (bicyclic) bond motifs is 9. The second kappa shape index (κ2) is 10.7. The highest BCUT2D eigenvalue weighted by Crippen LogP contribution is 2.56. The maximum absolute atomic E-state index is 2.43. The molecule has 0 bridgehead atoms. The molecule has 1 aliphatic rings. The number of para-hydroxylation sites is 1. The Hall–Kier alpha value is -5.70. The van der Waals surface area contributed by atoms with Crippen molar-refractivity contribution in [3.05, 3.63) is 175 Å². The van der Waals surface area contributed by atoms with Crippen LogP contribution < -0.4 is 4.90 Å². The minimum atomic E-state index is -0.105. The number of hydrogen-bond donors (Lipinski definition) is 0. The summed E-state index contributed by atoms with van der Waals surface area (Å²) in [6, 6.07) is 60.5. The fourth-order valence-electron chi connectivity index (χ4n) is 8.44. The van der Waals surface area contributed by atoms with E-state index >= 15 is 0 Å². The first-order chi connectivity index (χ1) is 24.1. The Balaban J connectivity index is 1.25. The first kappa shape index (κ1) is 28.3. The molecule has 0 fully saturated rings. The molecule has 0 aliphatic heterocycles.